The molecule has 0 radical (unpaired) electrons. The van der Waals surface area contributed by atoms with Gasteiger partial charge in [0.2, 0.25) is 11.8 Å². The number of anilines is 1. The van der Waals surface area contributed by atoms with E-state index in [0.29, 0.717) is 6.54 Å². The lowest BCUT2D eigenvalue weighted by Gasteiger charge is -2.11. The van der Waals surface area contributed by atoms with Crippen LogP contribution in [-0.2, 0) is 16.1 Å². The zero-order valence-corrected chi connectivity index (χ0v) is 15.1. The molecule has 0 heterocycles. The molecule has 2 rings (SSSR count). The fourth-order valence-corrected chi connectivity index (χ4v) is 2.21. The van der Waals surface area contributed by atoms with Crippen molar-refractivity contribution in [1.82, 2.24) is 10.7 Å². The van der Waals surface area contributed by atoms with Gasteiger partial charge in [-0.05, 0) is 23.3 Å². The third kappa shape index (κ3) is 6.76. The number of carbonyl (C=O) groups excluding carboxylic acids is 2. The molecule has 0 saturated carbocycles. The van der Waals surface area contributed by atoms with Crippen molar-refractivity contribution in [3.05, 3.63) is 65.7 Å². The van der Waals surface area contributed by atoms with Crippen LogP contribution in [0.2, 0.25) is 0 Å². The van der Waals surface area contributed by atoms with Gasteiger partial charge in [-0.15, -0.1) is 0 Å². The standard InChI is InChI=1S/C20H24N4O2/c1-24(2)18-10-8-17(9-11-18)15-22-23-20(26)13-12-19(25)21-14-16-6-4-3-5-7-16/h3-11,15H,12-14H2,1-2H3,(H,21,25)(H,23,26)/b22-15+. The Morgan fingerprint density at radius 3 is 2.27 bits per heavy atom. The first-order valence-corrected chi connectivity index (χ1v) is 8.44. The van der Waals surface area contributed by atoms with Gasteiger partial charge in [-0.25, -0.2) is 5.43 Å². The van der Waals surface area contributed by atoms with Crippen molar-refractivity contribution >= 4 is 23.7 Å². The minimum atomic E-state index is -0.291. The Bertz CT molecular complexity index is 740. The maximum Gasteiger partial charge on any atom is 0.240 e. The van der Waals surface area contributed by atoms with Crippen LogP contribution in [0.3, 0.4) is 0 Å². The van der Waals surface area contributed by atoms with Crippen molar-refractivity contribution in [2.75, 3.05) is 19.0 Å². The van der Waals surface area contributed by atoms with Crippen molar-refractivity contribution in [2.45, 2.75) is 19.4 Å². The molecule has 0 atom stereocenters. The lowest BCUT2D eigenvalue weighted by molar-refractivity contribution is -0.126. The van der Waals surface area contributed by atoms with Crippen LogP contribution in [-0.4, -0.2) is 32.1 Å². The summed E-state index contributed by atoms with van der Waals surface area (Å²) in [7, 11) is 3.94. The zero-order valence-electron chi connectivity index (χ0n) is 15.1. The molecule has 0 aliphatic carbocycles. The van der Waals surface area contributed by atoms with Gasteiger partial charge in [0.25, 0.3) is 0 Å². The van der Waals surface area contributed by atoms with Crippen molar-refractivity contribution in [2.24, 2.45) is 5.10 Å². The molecule has 0 bridgehead atoms. The highest BCUT2D eigenvalue weighted by Crippen LogP contribution is 2.10. The molecule has 6 nitrogen and oxygen atoms in total. The quantitative estimate of drug-likeness (QED) is 0.565. The second-order valence-corrected chi connectivity index (χ2v) is 6.04. The Morgan fingerprint density at radius 1 is 0.962 bits per heavy atom. The third-order valence-electron chi connectivity index (χ3n) is 3.72. The second-order valence-electron chi connectivity index (χ2n) is 6.04. The number of carbonyl (C=O) groups is 2. The average Bonchev–Trinajstić information content (AvgIpc) is 2.66. The average molecular weight is 352 g/mol. The van der Waals surface area contributed by atoms with E-state index >= 15 is 0 Å². The molecular formula is C20H24N4O2. The van der Waals surface area contributed by atoms with Crippen LogP contribution in [0.1, 0.15) is 24.0 Å². The lowest BCUT2D eigenvalue weighted by atomic mass is 10.2. The van der Waals surface area contributed by atoms with E-state index in [-0.39, 0.29) is 24.7 Å². The number of benzene rings is 2. The van der Waals surface area contributed by atoms with Gasteiger partial charge in [0.15, 0.2) is 0 Å². The van der Waals surface area contributed by atoms with Crippen molar-refractivity contribution in [3.8, 4) is 0 Å². The summed E-state index contributed by atoms with van der Waals surface area (Å²) in [5.41, 5.74) is 5.44. The molecule has 0 spiro atoms. The molecule has 0 aromatic heterocycles. The van der Waals surface area contributed by atoms with Crippen LogP contribution in [0.5, 0.6) is 0 Å². The van der Waals surface area contributed by atoms with Crippen molar-refractivity contribution in [3.63, 3.8) is 0 Å². The molecule has 2 amide bonds. The Morgan fingerprint density at radius 2 is 1.62 bits per heavy atom. The van der Waals surface area contributed by atoms with Gasteiger partial charge in [0.1, 0.15) is 0 Å². The first-order valence-electron chi connectivity index (χ1n) is 8.44. The highest BCUT2D eigenvalue weighted by molar-refractivity contribution is 5.85. The van der Waals surface area contributed by atoms with E-state index in [1.165, 1.54) is 0 Å². The van der Waals surface area contributed by atoms with Crippen molar-refractivity contribution in [1.29, 1.82) is 0 Å². The summed E-state index contributed by atoms with van der Waals surface area (Å²) in [6, 6.07) is 17.4. The SMILES string of the molecule is CN(C)c1ccc(/C=N/NC(=O)CCC(=O)NCc2ccccc2)cc1. The Hall–Kier alpha value is -3.15. The summed E-state index contributed by atoms with van der Waals surface area (Å²) < 4.78 is 0. The van der Waals surface area contributed by atoms with Crippen LogP contribution >= 0.6 is 0 Å². The monoisotopic (exact) mass is 352 g/mol. The maximum atomic E-state index is 11.8. The highest BCUT2D eigenvalue weighted by Gasteiger charge is 2.06. The summed E-state index contributed by atoms with van der Waals surface area (Å²) in [6.07, 6.45) is 1.80. The first kappa shape index (κ1) is 19.2. The van der Waals surface area contributed by atoms with E-state index < -0.39 is 0 Å². The van der Waals surface area contributed by atoms with Gasteiger partial charge >= 0.3 is 0 Å². The van der Waals surface area contributed by atoms with Crippen LogP contribution in [0.25, 0.3) is 0 Å². The maximum absolute atomic E-state index is 11.8. The van der Waals surface area contributed by atoms with E-state index in [4.69, 9.17) is 0 Å². The van der Waals surface area contributed by atoms with Gasteiger partial charge in [0, 0.05) is 39.2 Å². The van der Waals surface area contributed by atoms with Gasteiger partial charge in [0.05, 0.1) is 6.21 Å². The van der Waals surface area contributed by atoms with Crippen LogP contribution in [0.4, 0.5) is 5.69 Å². The van der Waals surface area contributed by atoms with Gasteiger partial charge in [-0.3, -0.25) is 9.59 Å². The molecule has 0 saturated heterocycles. The zero-order chi connectivity index (χ0) is 18.8. The number of amides is 2. The number of nitrogens with one attached hydrogen (secondary N) is 2. The molecule has 0 unspecified atom stereocenters. The predicted octanol–water partition coefficient (Wildman–Crippen LogP) is 2.30. The molecule has 26 heavy (non-hydrogen) atoms. The smallest absolute Gasteiger partial charge is 0.240 e. The highest BCUT2D eigenvalue weighted by atomic mass is 16.2. The van der Waals surface area contributed by atoms with Gasteiger partial charge < -0.3 is 10.2 Å². The molecule has 2 aromatic carbocycles. The van der Waals surface area contributed by atoms with E-state index in [2.05, 4.69) is 15.8 Å². The molecule has 6 heteroatoms. The fourth-order valence-electron chi connectivity index (χ4n) is 2.21. The number of nitrogens with zero attached hydrogens (tertiary/aromatic N) is 2. The molecule has 2 aromatic rings. The number of hydrogen-bond donors (Lipinski definition) is 2. The molecule has 0 aliphatic heterocycles. The van der Waals surface area contributed by atoms with Crippen LogP contribution in [0, 0.1) is 0 Å². The predicted molar refractivity (Wildman–Crippen MR) is 104 cm³/mol. The summed E-state index contributed by atoms with van der Waals surface area (Å²) in [6.45, 7) is 0.461. The summed E-state index contributed by atoms with van der Waals surface area (Å²) in [5, 5.41) is 6.71. The lowest BCUT2D eigenvalue weighted by Crippen LogP contribution is -2.25. The van der Waals surface area contributed by atoms with Crippen molar-refractivity contribution < 1.29 is 9.59 Å². The Kier molecular flexibility index (Phi) is 7.36. The topological polar surface area (TPSA) is 73.8 Å². The first-order chi connectivity index (χ1) is 12.5. The minimum Gasteiger partial charge on any atom is -0.378 e. The van der Waals surface area contributed by atoms with E-state index in [1.807, 2.05) is 73.6 Å². The number of rotatable bonds is 8. The molecule has 0 fully saturated rings. The van der Waals surface area contributed by atoms with E-state index in [0.717, 1.165) is 16.8 Å². The molecule has 0 aliphatic rings. The van der Waals surface area contributed by atoms with E-state index in [1.54, 1.807) is 6.21 Å². The number of hydrazone groups is 1. The summed E-state index contributed by atoms with van der Waals surface area (Å²) in [5.74, 6) is -0.451. The van der Waals surface area contributed by atoms with Crippen LogP contribution < -0.4 is 15.6 Å². The Labute approximate surface area is 153 Å². The Balaban J connectivity index is 1.67. The molecular weight excluding hydrogens is 328 g/mol. The molecule has 136 valence electrons. The van der Waals surface area contributed by atoms with E-state index in [9.17, 15) is 9.59 Å². The van der Waals surface area contributed by atoms with Gasteiger partial charge in [-0.1, -0.05) is 42.5 Å². The normalized spacial score (nSPS) is 10.5. The summed E-state index contributed by atoms with van der Waals surface area (Å²) in [4.78, 5) is 25.5. The second kappa shape index (κ2) is 9.98. The minimum absolute atomic E-state index is 0.0948. The van der Waals surface area contributed by atoms with Gasteiger partial charge in [-0.2, -0.15) is 5.10 Å². The largest absolute Gasteiger partial charge is 0.378 e. The number of hydrogen-bond acceptors (Lipinski definition) is 4. The third-order valence-corrected chi connectivity index (χ3v) is 3.72. The fraction of sp³-hybridized carbons (Fsp3) is 0.250. The summed E-state index contributed by atoms with van der Waals surface area (Å²) >= 11 is 0. The van der Waals surface area contributed by atoms with Crippen LogP contribution in [0.15, 0.2) is 59.7 Å². The molecule has 2 N–H and O–H groups in total.